The largest absolute Gasteiger partial charge is 0.328 e. The van der Waals surface area contributed by atoms with Crippen LogP contribution in [0.4, 0.5) is 0 Å². The summed E-state index contributed by atoms with van der Waals surface area (Å²) in [7, 11) is 0. The first-order valence-electron chi connectivity index (χ1n) is 5.11. The first-order valence-corrected chi connectivity index (χ1v) is 5.91. The number of aromatic amines is 1. The Morgan fingerprint density at radius 2 is 1.88 bits per heavy atom. The molecule has 0 radical (unpaired) electrons. The van der Waals surface area contributed by atoms with E-state index in [0.29, 0.717) is 4.47 Å². The van der Waals surface area contributed by atoms with Gasteiger partial charge in [0, 0.05) is 6.20 Å². The van der Waals surface area contributed by atoms with Crippen molar-refractivity contribution in [1.29, 1.82) is 0 Å². The highest BCUT2D eigenvalue weighted by Crippen LogP contribution is 2.04. The Balaban J connectivity index is 2.43. The minimum absolute atomic E-state index is 0.272. The summed E-state index contributed by atoms with van der Waals surface area (Å²) in [5.74, 6) is 0. The molecule has 0 bridgehead atoms. The summed E-state index contributed by atoms with van der Waals surface area (Å²) in [5.41, 5.74) is 1.33. The van der Waals surface area contributed by atoms with Crippen molar-refractivity contribution in [2.45, 2.75) is 13.5 Å². The van der Waals surface area contributed by atoms with Crippen LogP contribution in [-0.4, -0.2) is 9.55 Å². The molecule has 0 spiro atoms. The van der Waals surface area contributed by atoms with Crippen molar-refractivity contribution in [3.8, 4) is 0 Å². The van der Waals surface area contributed by atoms with Gasteiger partial charge in [-0.2, -0.15) is 0 Å². The molecule has 5 heteroatoms. The zero-order valence-electron chi connectivity index (χ0n) is 9.24. The molecule has 0 saturated carbocycles. The van der Waals surface area contributed by atoms with Gasteiger partial charge in [-0.05, 0) is 28.4 Å². The lowest BCUT2D eigenvalue weighted by atomic mass is 10.1. The molecule has 0 aliphatic rings. The van der Waals surface area contributed by atoms with Crippen molar-refractivity contribution in [3.05, 3.63) is 66.9 Å². The normalized spacial score (nSPS) is 10.5. The minimum atomic E-state index is -0.404. The van der Waals surface area contributed by atoms with Crippen molar-refractivity contribution < 1.29 is 0 Å². The van der Waals surface area contributed by atoms with Gasteiger partial charge in [0.1, 0.15) is 0 Å². The molecule has 2 aromatic rings. The molecule has 0 atom stereocenters. The van der Waals surface area contributed by atoms with E-state index in [0.717, 1.165) is 15.7 Å². The highest BCUT2D eigenvalue weighted by molar-refractivity contribution is 9.10. The SMILES string of the molecule is Cc1ccc(Cn2c(=O)[nH]cc(Br)c2=O)cc1. The molecule has 4 nitrogen and oxygen atoms in total. The van der Waals surface area contributed by atoms with Crippen LogP contribution < -0.4 is 11.2 Å². The van der Waals surface area contributed by atoms with E-state index < -0.39 is 5.69 Å². The fraction of sp³-hybridized carbons (Fsp3) is 0.167. The van der Waals surface area contributed by atoms with Gasteiger partial charge in [0.2, 0.25) is 0 Å². The molecule has 0 aliphatic heterocycles. The van der Waals surface area contributed by atoms with Crippen LogP contribution in [0.5, 0.6) is 0 Å². The Hall–Kier alpha value is -1.62. The number of nitrogens with zero attached hydrogens (tertiary/aromatic N) is 1. The number of nitrogens with one attached hydrogen (secondary N) is 1. The quantitative estimate of drug-likeness (QED) is 0.916. The monoisotopic (exact) mass is 294 g/mol. The molecular formula is C12H11BrN2O2. The Bertz CT molecular complexity index is 641. The second kappa shape index (κ2) is 4.71. The third-order valence-electron chi connectivity index (χ3n) is 2.48. The predicted molar refractivity (Wildman–Crippen MR) is 69.3 cm³/mol. The van der Waals surface area contributed by atoms with Gasteiger partial charge in [-0.1, -0.05) is 29.8 Å². The number of H-pyrrole nitrogens is 1. The molecule has 1 aromatic carbocycles. The van der Waals surface area contributed by atoms with E-state index in [1.54, 1.807) is 0 Å². The lowest BCUT2D eigenvalue weighted by molar-refractivity contribution is 0.694. The van der Waals surface area contributed by atoms with Gasteiger partial charge in [0.05, 0.1) is 11.0 Å². The van der Waals surface area contributed by atoms with Gasteiger partial charge in [-0.15, -0.1) is 0 Å². The van der Waals surface area contributed by atoms with Crippen molar-refractivity contribution in [2.24, 2.45) is 0 Å². The van der Waals surface area contributed by atoms with E-state index in [2.05, 4.69) is 20.9 Å². The van der Waals surface area contributed by atoms with Crippen LogP contribution in [0.1, 0.15) is 11.1 Å². The van der Waals surface area contributed by atoms with Crippen LogP contribution in [0.2, 0.25) is 0 Å². The fourth-order valence-electron chi connectivity index (χ4n) is 1.51. The Kier molecular flexibility index (Phi) is 3.28. The molecule has 17 heavy (non-hydrogen) atoms. The van der Waals surface area contributed by atoms with Gasteiger partial charge in [0.15, 0.2) is 0 Å². The van der Waals surface area contributed by atoms with Gasteiger partial charge in [-0.3, -0.25) is 9.36 Å². The van der Waals surface area contributed by atoms with Crippen molar-refractivity contribution in [3.63, 3.8) is 0 Å². The Morgan fingerprint density at radius 1 is 1.24 bits per heavy atom. The summed E-state index contributed by atoms with van der Waals surface area (Å²) >= 11 is 3.10. The summed E-state index contributed by atoms with van der Waals surface area (Å²) in [6.45, 7) is 2.26. The van der Waals surface area contributed by atoms with Crippen LogP contribution in [0, 0.1) is 6.92 Å². The summed E-state index contributed by atoms with van der Waals surface area (Å²) in [4.78, 5) is 25.8. The van der Waals surface area contributed by atoms with E-state index in [-0.39, 0.29) is 12.1 Å². The van der Waals surface area contributed by atoms with Crippen molar-refractivity contribution >= 4 is 15.9 Å². The average Bonchev–Trinajstić information content (AvgIpc) is 2.32. The number of hydrogen-bond donors (Lipinski definition) is 1. The Labute approximate surface area is 106 Å². The van der Waals surface area contributed by atoms with Crippen LogP contribution in [0.25, 0.3) is 0 Å². The zero-order chi connectivity index (χ0) is 12.4. The maximum atomic E-state index is 11.8. The van der Waals surface area contributed by atoms with E-state index in [4.69, 9.17) is 0 Å². The minimum Gasteiger partial charge on any atom is -0.313 e. The molecule has 0 amide bonds. The maximum absolute atomic E-state index is 11.8. The molecule has 0 saturated heterocycles. The van der Waals surface area contributed by atoms with Gasteiger partial charge >= 0.3 is 5.69 Å². The number of halogens is 1. The number of benzene rings is 1. The molecule has 1 N–H and O–H groups in total. The molecule has 0 unspecified atom stereocenters. The second-order valence-corrected chi connectivity index (χ2v) is 4.67. The van der Waals surface area contributed by atoms with E-state index in [1.807, 2.05) is 31.2 Å². The standard InChI is InChI=1S/C12H11BrN2O2/c1-8-2-4-9(5-3-8)7-15-11(16)10(13)6-14-12(15)17/h2-6H,7H2,1H3,(H,14,17). The summed E-state index contributed by atoms with van der Waals surface area (Å²) in [6, 6.07) is 7.71. The smallest absolute Gasteiger partial charge is 0.313 e. The molecule has 0 aliphatic carbocycles. The summed E-state index contributed by atoms with van der Waals surface area (Å²) in [6.07, 6.45) is 1.36. The van der Waals surface area contributed by atoms with E-state index >= 15 is 0 Å². The van der Waals surface area contributed by atoms with Crippen molar-refractivity contribution in [1.82, 2.24) is 9.55 Å². The molecule has 0 fully saturated rings. The third kappa shape index (κ3) is 2.55. The summed E-state index contributed by atoms with van der Waals surface area (Å²) in [5, 5.41) is 0. The fourth-order valence-corrected chi connectivity index (χ4v) is 1.83. The van der Waals surface area contributed by atoms with Gasteiger partial charge in [-0.25, -0.2) is 4.79 Å². The highest BCUT2D eigenvalue weighted by atomic mass is 79.9. The molecule has 1 aromatic heterocycles. The first-order chi connectivity index (χ1) is 8.08. The average molecular weight is 295 g/mol. The Morgan fingerprint density at radius 3 is 2.53 bits per heavy atom. The predicted octanol–water partition coefficient (Wildman–Crippen LogP) is 1.66. The van der Waals surface area contributed by atoms with Crippen LogP contribution >= 0.6 is 15.9 Å². The van der Waals surface area contributed by atoms with Crippen molar-refractivity contribution in [2.75, 3.05) is 0 Å². The second-order valence-electron chi connectivity index (χ2n) is 3.82. The van der Waals surface area contributed by atoms with E-state index in [9.17, 15) is 9.59 Å². The molecule has 2 rings (SSSR count). The van der Waals surface area contributed by atoms with Gasteiger partial charge in [0.25, 0.3) is 5.56 Å². The lowest BCUT2D eigenvalue weighted by Crippen LogP contribution is -2.35. The number of aryl methyl sites for hydroxylation is 1. The third-order valence-corrected chi connectivity index (χ3v) is 3.05. The lowest BCUT2D eigenvalue weighted by Gasteiger charge is -2.05. The zero-order valence-corrected chi connectivity index (χ0v) is 10.8. The molecule has 88 valence electrons. The number of rotatable bonds is 2. The number of hydrogen-bond acceptors (Lipinski definition) is 2. The maximum Gasteiger partial charge on any atom is 0.328 e. The van der Waals surface area contributed by atoms with Crippen LogP contribution in [0.15, 0.2) is 44.5 Å². The topological polar surface area (TPSA) is 54.9 Å². The molecular weight excluding hydrogens is 284 g/mol. The first kappa shape index (κ1) is 11.9. The highest BCUT2D eigenvalue weighted by Gasteiger charge is 2.05. The van der Waals surface area contributed by atoms with Crippen LogP contribution in [-0.2, 0) is 6.54 Å². The summed E-state index contributed by atoms with van der Waals surface area (Å²) < 4.78 is 1.51. The van der Waals surface area contributed by atoms with Crippen LogP contribution in [0.3, 0.4) is 0 Å². The molecule has 1 heterocycles. The van der Waals surface area contributed by atoms with E-state index in [1.165, 1.54) is 6.20 Å². The number of aromatic nitrogens is 2. The van der Waals surface area contributed by atoms with Gasteiger partial charge < -0.3 is 4.98 Å².